The lowest BCUT2D eigenvalue weighted by Crippen LogP contribution is -2.42. The lowest BCUT2D eigenvalue weighted by molar-refractivity contribution is -0.170. The summed E-state index contributed by atoms with van der Waals surface area (Å²) in [6, 6.07) is 13.6. The normalized spacial score (nSPS) is 15.3. The number of nitrogens with zero attached hydrogens (tertiary/aromatic N) is 3. The van der Waals surface area contributed by atoms with Gasteiger partial charge in [-0.05, 0) is 52.1 Å². The van der Waals surface area contributed by atoms with Gasteiger partial charge in [0, 0.05) is 43.1 Å². The number of para-hydroxylation sites is 1. The molecule has 0 aliphatic carbocycles. The Balaban J connectivity index is 0.000000349. The molecule has 2 heterocycles. The van der Waals surface area contributed by atoms with Gasteiger partial charge in [-0.1, -0.05) is 25.1 Å². The molecule has 1 unspecified atom stereocenters. The van der Waals surface area contributed by atoms with Crippen LogP contribution in [0.1, 0.15) is 55.6 Å². The Hall–Kier alpha value is -3.41. The molecule has 1 atom stereocenters. The molecule has 3 rings (SSSR count). The number of rotatable bonds is 13. The van der Waals surface area contributed by atoms with Crippen LogP contribution in [0.2, 0.25) is 0 Å². The summed E-state index contributed by atoms with van der Waals surface area (Å²) >= 11 is 0. The summed E-state index contributed by atoms with van der Waals surface area (Å²) in [4.78, 5) is 35.3. The minimum absolute atomic E-state index is 0.485. The summed E-state index contributed by atoms with van der Waals surface area (Å²) in [6.07, 6.45) is -0.103. The lowest BCUT2D eigenvalue weighted by atomic mass is 9.96. The molecule has 39 heavy (non-hydrogen) atoms. The Morgan fingerprint density at radius 2 is 1.67 bits per heavy atom. The topological polar surface area (TPSA) is 153 Å². The van der Waals surface area contributed by atoms with E-state index in [1.165, 1.54) is 17.0 Å². The van der Waals surface area contributed by atoms with Crippen LogP contribution in [0, 0.1) is 6.92 Å². The molecule has 2 aromatic rings. The van der Waals surface area contributed by atoms with Crippen molar-refractivity contribution in [2.45, 2.75) is 64.3 Å². The van der Waals surface area contributed by atoms with Crippen molar-refractivity contribution < 1.29 is 39.5 Å². The van der Waals surface area contributed by atoms with Crippen molar-refractivity contribution in [2.24, 2.45) is 0 Å². The predicted molar refractivity (Wildman–Crippen MR) is 145 cm³/mol. The summed E-state index contributed by atoms with van der Waals surface area (Å²) in [5.74, 6) is -3.98. The Morgan fingerprint density at radius 1 is 1.03 bits per heavy atom. The molecule has 11 nitrogen and oxygen atoms in total. The van der Waals surface area contributed by atoms with Gasteiger partial charge in [0.2, 0.25) is 0 Å². The molecule has 0 amide bonds. The second-order valence-electron chi connectivity index (χ2n) is 10.0. The Labute approximate surface area is 229 Å². The largest absolute Gasteiger partial charge is 0.493 e. The molecule has 1 aromatic carbocycles. The molecule has 0 spiro atoms. The van der Waals surface area contributed by atoms with Gasteiger partial charge in [0.15, 0.2) is 5.60 Å². The monoisotopic (exact) mass is 547 g/mol. The highest BCUT2D eigenvalue weighted by Gasteiger charge is 2.40. The van der Waals surface area contributed by atoms with Gasteiger partial charge in [-0.25, -0.2) is 4.79 Å². The van der Waals surface area contributed by atoms with Gasteiger partial charge in [0.1, 0.15) is 5.75 Å². The number of aliphatic carboxylic acids is 3. The number of carbonyl (C=O) groups is 3. The Kier molecular flexibility index (Phi) is 12.0. The average Bonchev–Trinajstić information content (AvgIpc) is 3.22. The van der Waals surface area contributed by atoms with Crippen LogP contribution in [0.5, 0.6) is 5.75 Å². The van der Waals surface area contributed by atoms with Gasteiger partial charge < -0.3 is 34.6 Å². The van der Waals surface area contributed by atoms with Crippen molar-refractivity contribution in [1.29, 1.82) is 0 Å². The quantitative estimate of drug-likeness (QED) is 0.275. The van der Waals surface area contributed by atoms with Crippen LogP contribution in [0.15, 0.2) is 36.4 Å². The van der Waals surface area contributed by atoms with Gasteiger partial charge in [-0.2, -0.15) is 0 Å². The van der Waals surface area contributed by atoms with E-state index >= 15 is 0 Å². The summed E-state index contributed by atoms with van der Waals surface area (Å²) in [7, 11) is 4.21. The maximum absolute atomic E-state index is 10.3. The standard InChI is InChI=1S/C22H33N3O.C6H8O7/c1-5-20-21-12-11-18(2)25(21)15-14-24(20)17-19-9-6-7-10-22(19)26-16-8-13-23(3)4;7-3(8)1-6(13,5(11)12)2-4(9)10/h6-7,9-12,20H,5,8,13-17H2,1-4H3;13H,1-2H2,(H,7,8)(H,9,10)(H,11,12). The molecule has 11 heteroatoms. The fourth-order valence-electron chi connectivity index (χ4n) is 4.68. The summed E-state index contributed by atoms with van der Waals surface area (Å²) in [5, 5.41) is 33.8. The van der Waals surface area contributed by atoms with Gasteiger partial charge in [-0.15, -0.1) is 0 Å². The van der Waals surface area contributed by atoms with E-state index in [1.54, 1.807) is 0 Å². The van der Waals surface area contributed by atoms with E-state index in [2.05, 4.69) is 78.7 Å². The fraction of sp³-hybridized carbons (Fsp3) is 0.536. The second kappa shape index (κ2) is 14.7. The van der Waals surface area contributed by atoms with Crippen LogP contribution >= 0.6 is 0 Å². The first-order chi connectivity index (χ1) is 18.4. The van der Waals surface area contributed by atoms with Gasteiger partial charge >= 0.3 is 17.9 Å². The number of benzene rings is 1. The van der Waals surface area contributed by atoms with Crippen molar-refractivity contribution in [3.05, 3.63) is 53.3 Å². The molecule has 0 fully saturated rings. The molecule has 0 bridgehead atoms. The molecule has 0 saturated carbocycles. The number of aliphatic hydroxyl groups is 1. The van der Waals surface area contributed by atoms with Crippen LogP contribution in [-0.2, 0) is 27.5 Å². The molecular weight excluding hydrogens is 506 g/mol. The third kappa shape index (κ3) is 9.38. The zero-order chi connectivity index (χ0) is 29.2. The van der Waals surface area contributed by atoms with Crippen LogP contribution in [0.4, 0.5) is 0 Å². The molecule has 0 saturated heterocycles. The van der Waals surface area contributed by atoms with Crippen molar-refractivity contribution in [2.75, 3.05) is 33.8 Å². The molecule has 216 valence electrons. The molecule has 1 aromatic heterocycles. The molecular formula is C28H41N3O8. The average molecular weight is 548 g/mol. The van der Waals surface area contributed by atoms with Crippen molar-refractivity contribution in [1.82, 2.24) is 14.4 Å². The molecule has 1 aliphatic rings. The van der Waals surface area contributed by atoms with Crippen molar-refractivity contribution >= 4 is 17.9 Å². The number of carboxylic acid groups (broad SMARTS) is 3. The highest BCUT2D eigenvalue weighted by molar-refractivity contribution is 5.88. The number of aromatic nitrogens is 1. The Morgan fingerprint density at radius 3 is 2.23 bits per heavy atom. The van der Waals surface area contributed by atoms with E-state index in [9.17, 15) is 14.4 Å². The third-order valence-electron chi connectivity index (χ3n) is 6.65. The minimum atomic E-state index is -2.74. The first-order valence-corrected chi connectivity index (χ1v) is 13.0. The SMILES string of the molecule is CCC1c2ccc(C)n2CCN1Cc1ccccc1OCCCN(C)C.O=C(O)CC(O)(CC(=O)O)C(=O)O. The number of aryl methyl sites for hydroxylation is 1. The summed E-state index contributed by atoms with van der Waals surface area (Å²) < 4.78 is 8.59. The van der Waals surface area contributed by atoms with Gasteiger partial charge in [0.25, 0.3) is 0 Å². The summed E-state index contributed by atoms with van der Waals surface area (Å²) in [6.45, 7) is 9.46. The number of hydrogen-bond donors (Lipinski definition) is 4. The molecule has 4 N–H and O–H groups in total. The Bertz CT molecular complexity index is 1100. The highest BCUT2D eigenvalue weighted by Crippen LogP contribution is 2.33. The zero-order valence-electron chi connectivity index (χ0n) is 23.2. The third-order valence-corrected chi connectivity index (χ3v) is 6.65. The first kappa shape index (κ1) is 31.8. The lowest BCUT2D eigenvalue weighted by Gasteiger charge is -2.37. The smallest absolute Gasteiger partial charge is 0.336 e. The maximum Gasteiger partial charge on any atom is 0.336 e. The van der Waals surface area contributed by atoms with Gasteiger partial charge in [-0.3, -0.25) is 14.5 Å². The number of fused-ring (bicyclic) bond motifs is 1. The van der Waals surface area contributed by atoms with E-state index in [-0.39, 0.29) is 0 Å². The van der Waals surface area contributed by atoms with E-state index in [0.717, 1.165) is 51.4 Å². The predicted octanol–water partition coefficient (Wildman–Crippen LogP) is 2.85. The highest BCUT2D eigenvalue weighted by atomic mass is 16.5. The van der Waals surface area contributed by atoms with Crippen LogP contribution in [0.3, 0.4) is 0 Å². The van der Waals surface area contributed by atoms with E-state index in [4.69, 9.17) is 25.2 Å². The van der Waals surface area contributed by atoms with E-state index in [1.807, 2.05) is 0 Å². The molecule has 0 radical (unpaired) electrons. The van der Waals surface area contributed by atoms with Crippen molar-refractivity contribution in [3.8, 4) is 5.75 Å². The van der Waals surface area contributed by atoms with Crippen LogP contribution in [0.25, 0.3) is 0 Å². The van der Waals surface area contributed by atoms with E-state index < -0.39 is 36.4 Å². The number of ether oxygens (including phenoxy) is 1. The number of hydrogen-bond acceptors (Lipinski definition) is 7. The zero-order valence-corrected chi connectivity index (χ0v) is 23.2. The first-order valence-electron chi connectivity index (χ1n) is 13.0. The molecule has 1 aliphatic heterocycles. The van der Waals surface area contributed by atoms with E-state index in [0.29, 0.717) is 6.04 Å². The second-order valence-corrected chi connectivity index (χ2v) is 10.0. The van der Waals surface area contributed by atoms with Gasteiger partial charge in [0.05, 0.1) is 25.5 Å². The van der Waals surface area contributed by atoms with Crippen LogP contribution < -0.4 is 4.74 Å². The summed E-state index contributed by atoms with van der Waals surface area (Å²) in [5.41, 5.74) is 1.40. The van der Waals surface area contributed by atoms with Crippen molar-refractivity contribution in [3.63, 3.8) is 0 Å². The number of carboxylic acids is 3. The van der Waals surface area contributed by atoms with Crippen LogP contribution in [-0.4, -0.2) is 92.1 Å². The maximum atomic E-state index is 10.3. The minimum Gasteiger partial charge on any atom is -0.493 e. The fourth-order valence-corrected chi connectivity index (χ4v) is 4.68.